The van der Waals surface area contributed by atoms with Crippen molar-refractivity contribution in [3.05, 3.63) is 29.8 Å². The first kappa shape index (κ1) is 16.1. The van der Waals surface area contributed by atoms with Crippen molar-refractivity contribution in [3.8, 4) is 5.75 Å². The molecule has 0 spiro atoms. The SMILES string of the molecule is COC[C@@H]1[C@H](NC(=O)COc2ccc(F)cc2F)[C@@H]2CCO[C@H]12. The van der Waals surface area contributed by atoms with Crippen molar-refractivity contribution in [1.82, 2.24) is 5.32 Å². The Morgan fingerprint density at radius 1 is 1.43 bits per heavy atom. The molecule has 1 N–H and O–H groups in total. The molecule has 1 amide bonds. The van der Waals surface area contributed by atoms with Crippen molar-refractivity contribution >= 4 is 5.91 Å². The number of hydrogen-bond donors (Lipinski definition) is 1. The van der Waals surface area contributed by atoms with Crippen LogP contribution in [0.4, 0.5) is 8.78 Å². The number of benzene rings is 1. The minimum Gasteiger partial charge on any atom is -0.481 e. The van der Waals surface area contributed by atoms with Gasteiger partial charge in [-0.05, 0) is 18.6 Å². The molecule has 0 radical (unpaired) electrons. The molecule has 0 unspecified atom stereocenters. The molecule has 5 nitrogen and oxygen atoms in total. The smallest absolute Gasteiger partial charge is 0.258 e. The molecular weight excluding hydrogens is 308 g/mol. The third-order valence-corrected chi connectivity index (χ3v) is 4.47. The number of carbonyl (C=O) groups excluding carboxylic acids is 1. The van der Waals surface area contributed by atoms with E-state index in [1.54, 1.807) is 7.11 Å². The molecule has 2 fully saturated rings. The predicted octanol–water partition coefficient (Wildman–Crippen LogP) is 1.51. The Morgan fingerprint density at radius 3 is 3.00 bits per heavy atom. The summed E-state index contributed by atoms with van der Waals surface area (Å²) in [4.78, 5) is 12.0. The summed E-state index contributed by atoms with van der Waals surface area (Å²) in [6.45, 7) is 0.885. The lowest BCUT2D eigenvalue weighted by Crippen LogP contribution is -2.63. The maximum absolute atomic E-state index is 13.4. The first-order valence-corrected chi connectivity index (χ1v) is 7.58. The number of nitrogens with one attached hydrogen (secondary N) is 1. The Kier molecular flexibility index (Phi) is 4.77. The highest BCUT2D eigenvalue weighted by atomic mass is 19.1. The van der Waals surface area contributed by atoms with Crippen molar-refractivity contribution in [1.29, 1.82) is 0 Å². The fourth-order valence-corrected chi connectivity index (χ4v) is 3.40. The van der Waals surface area contributed by atoms with Crippen LogP contribution in [0.15, 0.2) is 18.2 Å². The van der Waals surface area contributed by atoms with Crippen molar-refractivity contribution in [2.24, 2.45) is 11.8 Å². The zero-order chi connectivity index (χ0) is 16.4. The average Bonchev–Trinajstić information content (AvgIpc) is 2.94. The van der Waals surface area contributed by atoms with Crippen LogP contribution >= 0.6 is 0 Å². The second kappa shape index (κ2) is 6.80. The van der Waals surface area contributed by atoms with Gasteiger partial charge in [0.05, 0.1) is 12.7 Å². The van der Waals surface area contributed by atoms with E-state index in [0.717, 1.165) is 18.6 Å². The first-order valence-electron chi connectivity index (χ1n) is 7.58. The number of halogens is 2. The second-order valence-corrected chi connectivity index (χ2v) is 5.86. The summed E-state index contributed by atoms with van der Waals surface area (Å²) in [6, 6.07) is 2.94. The summed E-state index contributed by atoms with van der Waals surface area (Å²) in [6.07, 6.45) is 1.04. The second-order valence-electron chi connectivity index (χ2n) is 5.86. The molecule has 126 valence electrons. The van der Waals surface area contributed by atoms with Gasteiger partial charge in [0.15, 0.2) is 18.2 Å². The lowest BCUT2D eigenvalue weighted by atomic mass is 9.67. The van der Waals surface area contributed by atoms with Crippen molar-refractivity contribution < 1.29 is 27.8 Å². The van der Waals surface area contributed by atoms with Crippen LogP contribution < -0.4 is 10.1 Å². The molecule has 3 rings (SSSR count). The van der Waals surface area contributed by atoms with Crippen molar-refractivity contribution in [3.63, 3.8) is 0 Å². The molecule has 7 heteroatoms. The molecular formula is C16H19F2NO4. The fraction of sp³-hybridized carbons (Fsp3) is 0.562. The Morgan fingerprint density at radius 2 is 2.26 bits per heavy atom. The summed E-state index contributed by atoms with van der Waals surface area (Å²) in [5, 5.41) is 2.90. The molecule has 0 bridgehead atoms. The van der Waals surface area contributed by atoms with Gasteiger partial charge in [0.25, 0.3) is 5.91 Å². The van der Waals surface area contributed by atoms with Gasteiger partial charge in [-0.15, -0.1) is 0 Å². The minimum absolute atomic E-state index is 0.0170. The summed E-state index contributed by atoms with van der Waals surface area (Å²) in [5.41, 5.74) is 0. The van der Waals surface area contributed by atoms with Crippen LogP contribution in [0.3, 0.4) is 0 Å². The first-order chi connectivity index (χ1) is 11.1. The van der Waals surface area contributed by atoms with Crippen LogP contribution in [-0.4, -0.2) is 45.0 Å². The summed E-state index contributed by atoms with van der Waals surface area (Å²) in [7, 11) is 1.61. The molecule has 1 heterocycles. The predicted molar refractivity (Wildman–Crippen MR) is 77.0 cm³/mol. The van der Waals surface area contributed by atoms with E-state index >= 15 is 0 Å². The average molecular weight is 327 g/mol. The van der Waals surface area contributed by atoms with E-state index in [1.807, 2.05) is 0 Å². The molecule has 1 saturated carbocycles. The fourth-order valence-electron chi connectivity index (χ4n) is 3.40. The molecule has 0 aromatic heterocycles. The summed E-state index contributed by atoms with van der Waals surface area (Å²) in [5.74, 6) is -1.59. The molecule has 4 atom stereocenters. The van der Waals surface area contributed by atoms with Gasteiger partial charge < -0.3 is 19.5 Å². The molecule has 23 heavy (non-hydrogen) atoms. The number of methoxy groups -OCH3 is 1. The standard InChI is InChI=1S/C16H19F2NO4/c1-21-7-11-15(10-4-5-22-16(10)11)19-14(20)8-23-13-3-2-9(17)6-12(13)18/h2-3,6,10-11,15-16H,4-5,7-8H2,1H3,(H,19,20)/t10-,11+,15+,16-/m0/s1. The van der Waals surface area contributed by atoms with Crippen molar-refractivity contribution in [2.75, 3.05) is 26.9 Å². The van der Waals surface area contributed by atoms with Gasteiger partial charge in [0.1, 0.15) is 5.82 Å². The largest absolute Gasteiger partial charge is 0.481 e. The van der Waals surface area contributed by atoms with E-state index in [0.29, 0.717) is 25.2 Å². The van der Waals surface area contributed by atoms with Gasteiger partial charge in [0.2, 0.25) is 0 Å². The molecule has 1 aromatic rings. The Hall–Kier alpha value is -1.73. The Balaban J connectivity index is 1.52. The van der Waals surface area contributed by atoms with E-state index in [9.17, 15) is 13.6 Å². The van der Waals surface area contributed by atoms with E-state index in [-0.39, 0.29) is 36.3 Å². The highest BCUT2D eigenvalue weighted by Crippen LogP contribution is 2.43. The quantitative estimate of drug-likeness (QED) is 0.860. The minimum atomic E-state index is -0.831. The Bertz CT molecular complexity index is 583. The van der Waals surface area contributed by atoms with Crippen LogP contribution in [0.25, 0.3) is 0 Å². The van der Waals surface area contributed by atoms with Gasteiger partial charge in [-0.2, -0.15) is 0 Å². The van der Waals surface area contributed by atoms with Crippen LogP contribution in [-0.2, 0) is 14.3 Å². The lowest BCUT2D eigenvalue weighted by Gasteiger charge is -2.47. The van der Waals surface area contributed by atoms with Crippen LogP contribution in [0.1, 0.15) is 6.42 Å². The number of carbonyl (C=O) groups is 1. The van der Waals surface area contributed by atoms with E-state index in [2.05, 4.69) is 5.32 Å². The van der Waals surface area contributed by atoms with Gasteiger partial charge in [0, 0.05) is 37.7 Å². The number of amides is 1. The topological polar surface area (TPSA) is 56.8 Å². The summed E-state index contributed by atoms with van der Waals surface area (Å²) >= 11 is 0. The van der Waals surface area contributed by atoms with Gasteiger partial charge in [-0.1, -0.05) is 0 Å². The zero-order valence-electron chi connectivity index (χ0n) is 12.8. The summed E-state index contributed by atoms with van der Waals surface area (Å²) < 4.78 is 42.2. The monoisotopic (exact) mass is 327 g/mol. The third kappa shape index (κ3) is 3.30. The number of rotatable bonds is 6. The van der Waals surface area contributed by atoms with Gasteiger partial charge in [-0.25, -0.2) is 8.78 Å². The lowest BCUT2D eigenvalue weighted by molar-refractivity contribution is -0.131. The Labute approximate surface area is 132 Å². The maximum Gasteiger partial charge on any atom is 0.258 e. The van der Waals surface area contributed by atoms with E-state index in [4.69, 9.17) is 14.2 Å². The zero-order valence-corrected chi connectivity index (χ0v) is 12.8. The number of fused-ring (bicyclic) bond motifs is 1. The third-order valence-electron chi connectivity index (χ3n) is 4.47. The number of ether oxygens (including phenoxy) is 3. The highest BCUT2D eigenvalue weighted by Gasteiger charge is 2.54. The van der Waals surface area contributed by atoms with Crippen molar-refractivity contribution in [2.45, 2.75) is 18.6 Å². The van der Waals surface area contributed by atoms with E-state index in [1.165, 1.54) is 0 Å². The van der Waals surface area contributed by atoms with Crippen LogP contribution in [0.2, 0.25) is 0 Å². The normalized spacial score (nSPS) is 28.8. The van der Waals surface area contributed by atoms with Gasteiger partial charge >= 0.3 is 0 Å². The molecule has 2 aliphatic rings. The van der Waals surface area contributed by atoms with E-state index < -0.39 is 11.6 Å². The number of hydrogen-bond acceptors (Lipinski definition) is 4. The molecule has 1 aliphatic heterocycles. The van der Waals surface area contributed by atoms with Gasteiger partial charge in [-0.3, -0.25) is 4.79 Å². The molecule has 1 aromatic carbocycles. The van der Waals surface area contributed by atoms with Crippen LogP contribution in [0.5, 0.6) is 5.75 Å². The highest BCUT2D eigenvalue weighted by molar-refractivity contribution is 5.78. The maximum atomic E-state index is 13.4. The molecule has 1 aliphatic carbocycles. The van der Waals surface area contributed by atoms with Crippen LogP contribution in [0, 0.1) is 23.5 Å². The molecule has 1 saturated heterocycles.